The molecule has 1 heterocycles. The molecule has 0 saturated carbocycles. The minimum Gasteiger partial charge on any atom is -0.249 e. The summed E-state index contributed by atoms with van der Waals surface area (Å²) in [5, 5.41) is 3.50. The van der Waals surface area contributed by atoms with Crippen LogP contribution in [0.15, 0.2) is 30.3 Å². The van der Waals surface area contributed by atoms with Crippen molar-refractivity contribution in [3.05, 3.63) is 35.9 Å². The average Bonchev–Trinajstić information content (AvgIpc) is 2.29. The van der Waals surface area contributed by atoms with Gasteiger partial charge in [0.1, 0.15) is 0 Å². The Morgan fingerprint density at radius 1 is 1.14 bits per heavy atom. The quantitative estimate of drug-likeness (QED) is 0.850. The first-order chi connectivity index (χ1) is 6.95. The first kappa shape index (κ1) is 10.4. The molecule has 0 amide bonds. The fourth-order valence-electron chi connectivity index (χ4n) is 1.28. The monoisotopic (exact) mass is 226 g/mol. The fourth-order valence-corrected chi connectivity index (χ4v) is 3.27. The molecule has 1 saturated heterocycles. The van der Waals surface area contributed by atoms with Gasteiger partial charge in [0.2, 0.25) is 0 Å². The van der Waals surface area contributed by atoms with E-state index in [1.807, 2.05) is 23.5 Å². The zero-order valence-electron chi connectivity index (χ0n) is 7.98. The maximum absolute atomic E-state index is 3.43. The lowest BCUT2D eigenvalue weighted by molar-refractivity contribution is 0.260. The van der Waals surface area contributed by atoms with Gasteiger partial charge in [-0.15, -0.1) is 23.5 Å². The van der Waals surface area contributed by atoms with Crippen molar-refractivity contribution in [2.24, 2.45) is 0 Å². The zero-order chi connectivity index (χ0) is 9.64. The highest BCUT2D eigenvalue weighted by atomic mass is 32.2. The van der Waals surface area contributed by atoms with Crippen LogP contribution in [0.2, 0.25) is 0 Å². The molecule has 0 radical (unpaired) electrons. The molecule has 1 N–H and O–H groups in total. The van der Waals surface area contributed by atoms with E-state index in [1.54, 1.807) is 0 Å². The first-order valence-electron chi connectivity index (χ1n) is 4.63. The topological polar surface area (TPSA) is 15.3 Å². The van der Waals surface area contributed by atoms with E-state index < -0.39 is 0 Å². The number of thioether (sulfide) groups is 2. The van der Waals surface area contributed by atoms with Gasteiger partial charge in [-0.1, -0.05) is 30.3 Å². The van der Waals surface area contributed by atoms with Gasteiger partial charge in [0.25, 0.3) is 0 Å². The van der Waals surface area contributed by atoms with Crippen LogP contribution in [0.4, 0.5) is 0 Å². The Hall–Kier alpha value is -0.160. The summed E-state index contributed by atoms with van der Waals surface area (Å²) in [7, 11) is 0. The Bertz CT molecular complexity index is 260. The molecule has 0 aromatic heterocycles. The molecule has 0 atom stereocenters. The van der Waals surface area contributed by atoms with E-state index in [9.17, 15) is 0 Å². The Labute approximate surface area is 93.4 Å². The van der Waals surface area contributed by atoms with Crippen molar-refractivity contribution in [2.45, 2.75) is 6.54 Å². The van der Waals surface area contributed by atoms with Crippen LogP contribution in [0.25, 0.3) is 0 Å². The molecule has 0 unspecified atom stereocenters. The van der Waals surface area contributed by atoms with Crippen LogP contribution >= 0.6 is 23.5 Å². The number of benzene rings is 1. The minimum atomic E-state index is 0.932. The summed E-state index contributed by atoms with van der Waals surface area (Å²) in [6.45, 7) is 0.932. The summed E-state index contributed by atoms with van der Waals surface area (Å²) in [5.74, 6) is 2.19. The molecule has 2 rings (SSSR count). The fraction of sp³-hybridized carbons (Fsp3) is 0.400. The summed E-state index contributed by atoms with van der Waals surface area (Å²) in [5.41, 5.74) is 4.77. The van der Waals surface area contributed by atoms with Crippen LogP contribution in [-0.4, -0.2) is 21.8 Å². The van der Waals surface area contributed by atoms with Gasteiger partial charge in [0.05, 0.1) is 11.8 Å². The molecule has 0 bridgehead atoms. The molecule has 1 aromatic rings. The van der Waals surface area contributed by atoms with Gasteiger partial charge in [-0.25, -0.2) is 10.4 Å². The lowest BCUT2D eigenvalue weighted by Gasteiger charge is -2.26. The van der Waals surface area contributed by atoms with E-state index in [2.05, 4.69) is 40.8 Å². The Balaban J connectivity index is 1.76. The van der Waals surface area contributed by atoms with Gasteiger partial charge in [-0.05, 0) is 5.56 Å². The summed E-state index contributed by atoms with van der Waals surface area (Å²) in [6.07, 6.45) is 0. The van der Waals surface area contributed by atoms with E-state index in [-0.39, 0.29) is 0 Å². The molecule has 2 nitrogen and oxygen atoms in total. The minimum absolute atomic E-state index is 0.932. The lowest BCUT2D eigenvalue weighted by Crippen LogP contribution is -2.38. The van der Waals surface area contributed by atoms with Crippen LogP contribution in [-0.2, 0) is 6.54 Å². The number of hydrogen-bond acceptors (Lipinski definition) is 4. The highest BCUT2D eigenvalue weighted by Crippen LogP contribution is 2.19. The molecule has 14 heavy (non-hydrogen) atoms. The second-order valence-corrected chi connectivity index (χ2v) is 5.42. The van der Waals surface area contributed by atoms with Crippen molar-refractivity contribution in [1.29, 1.82) is 0 Å². The number of rotatable bonds is 3. The second kappa shape index (κ2) is 5.66. The van der Waals surface area contributed by atoms with Gasteiger partial charge in [0, 0.05) is 11.6 Å². The van der Waals surface area contributed by atoms with E-state index in [0.29, 0.717) is 0 Å². The molecular weight excluding hydrogens is 212 g/mol. The predicted octanol–water partition coefficient (Wildman–Crippen LogP) is 2.35. The molecule has 0 aliphatic carbocycles. The van der Waals surface area contributed by atoms with Gasteiger partial charge in [0.15, 0.2) is 0 Å². The number of hydrazine groups is 1. The van der Waals surface area contributed by atoms with Crippen LogP contribution < -0.4 is 5.43 Å². The third-order valence-corrected chi connectivity index (χ3v) is 4.33. The molecular formula is C10H14N2S2. The standard InChI is InChI=1S/C10H14N2S2/c1-2-4-10(5-3-1)6-11-12-7-13-9-14-8-12/h1-5,11H,6-9H2. The molecule has 4 heteroatoms. The molecule has 76 valence electrons. The summed E-state index contributed by atoms with van der Waals surface area (Å²) < 4.78 is 0. The van der Waals surface area contributed by atoms with Gasteiger partial charge < -0.3 is 0 Å². The molecule has 1 aliphatic heterocycles. The van der Waals surface area contributed by atoms with Gasteiger partial charge in [-0.2, -0.15) is 0 Å². The first-order valence-corrected chi connectivity index (χ1v) is 6.94. The predicted molar refractivity (Wildman–Crippen MR) is 64.9 cm³/mol. The van der Waals surface area contributed by atoms with Crippen LogP contribution in [0, 0.1) is 0 Å². The van der Waals surface area contributed by atoms with Gasteiger partial charge in [-0.3, -0.25) is 0 Å². The maximum Gasteiger partial charge on any atom is 0.0605 e. The number of nitrogens with one attached hydrogen (secondary N) is 1. The summed E-state index contributed by atoms with van der Waals surface area (Å²) >= 11 is 3.93. The third kappa shape index (κ3) is 3.20. The lowest BCUT2D eigenvalue weighted by atomic mass is 10.2. The third-order valence-electron chi connectivity index (χ3n) is 2.01. The van der Waals surface area contributed by atoms with E-state index in [1.165, 1.54) is 10.6 Å². The highest BCUT2D eigenvalue weighted by Gasteiger charge is 2.09. The number of hydrogen-bond donors (Lipinski definition) is 1. The smallest absolute Gasteiger partial charge is 0.0605 e. The van der Waals surface area contributed by atoms with E-state index >= 15 is 0 Å². The molecule has 1 fully saturated rings. The van der Waals surface area contributed by atoms with E-state index in [0.717, 1.165) is 18.3 Å². The van der Waals surface area contributed by atoms with E-state index in [4.69, 9.17) is 0 Å². The highest BCUT2D eigenvalue weighted by molar-refractivity contribution is 8.16. The molecule has 1 aliphatic rings. The average molecular weight is 226 g/mol. The maximum atomic E-state index is 3.43. The van der Waals surface area contributed by atoms with Crippen LogP contribution in [0.1, 0.15) is 5.56 Å². The van der Waals surface area contributed by atoms with Crippen molar-refractivity contribution in [2.75, 3.05) is 16.8 Å². The van der Waals surface area contributed by atoms with Crippen molar-refractivity contribution < 1.29 is 0 Å². The van der Waals surface area contributed by atoms with Gasteiger partial charge >= 0.3 is 0 Å². The normalized spacial score (nSPS) is 18.3. The number of nitrogens with zero attached hydrogens (tertiary/aromatic N) is 1. The van der Waals surface area contributed by atoms with Crippen molar-refractivity contribution in [1.82, 2.24) is 10.4 Å². The second-order valence-electron chi connectivity index (χ2n) is 3.14. The Morgan fingerprint density at radius 2 is 1.86 bits per heavy atom. The SMILES string of the molecule is c1ccc(CNN2CSCSC2)cc1. The Morgan fingerprint density at radius 3 is 2.57 bits per heavy atom. The summed E-state index contributed by atoms with van der Waals surface area (Å²) in [6, 6.07) is 10.5. The van der Waals surface area contributed by atoms with Crippen molar-refractivity contribution in [3.63, 3.8) is 0 Å². The largest absolute Gasteiger partial charge is 0.249 e. The molecule has 1 aromatic carbocycles. The van der Waals surface area contributed by atoms with Crippen molar-refractivity contribution in [3.8, 4) is 0 Å². The molecule has 0 spiro atoms. The van der Waals surface area contributed by atoms with Crippen LogP contribution in [0.3, 0.4) is 0 Å². The van der Waals surface area contributed by atoms with Crippen molar-refractivity contribution >= 4 is 23.5 Å². The Kier molecular flexibility index (Phi) is 4.19. The van der Waals surface area contributed by atoms with Crippen LogP contribution in [0.5, 0.6) is 0 Å². The zero-order valence-corrected chi connectivity index (χ0v) is 9.61. The summed E-state index contributed by atoms with van der Waals surface area (Å²) in [4.78, 5) is 0.